The van der Waals surface area contributed by atoms with Crippen LogP contribution in [0.3, 0.4) is 0 Å². The minimum Gasteiger partial charge on any atom is -0.0622 e. The van der Waals surface area contributed by atoms with Crippen LogP contribution in [0.4, 0.5) is 0 Å². The molecule has 0 spiro atoms. The van der Waals surface area contributed by atoms with Gasteiger partial charge in [0.05, 0.1) is 0 Å². The van der Waals surface area contributed by atoms with Gasteiger partial charge in [-0.1, -0.05) is 212 Å². The van der Waals surface area contributed by atoms with Crippen LogP contribution in [0.2, 0.25) is 0 Å². The third kappa shape index (κ3) is 5.99. The normalized spacial score (nSPS) is 11.5. The molecule has 0 atom stereocenters. The van der Waals surface area contributed by atoms with Crippen molar-refractivity contribution < 1.29 is 0 Å². The third-order valence-corrected chi connectivity index (χ3v) is 12.8. The van der Waals surface area contributed by atoms with Gasteiger partial charge in [-0.3, -0.25) is 0 Å². The summed E-state index contributed by atoms with van der Waals surface area (Å²) in [7, 11) is 0. The Hall–Kier alpha value is -8.06. The summed E-state index contributed by atoms with van der Waals surface area (Å²) in [5.41, 5.74) is 14.7. The van der Waals surface area contributed by atoms with Crippen molar-refractivity contribution in [3.63, 3.8) is 0 Å². The van der Waals surface area contributed by atoms with Crippen LogP contribution in [0, 0.1) is 0 Å². The Bertz CT molecular complexity index is 3660. The first-order chi connectivity index (χ1) is 30.8. The van der Waals surface area contributed by atoms with Crippen molar-refractivity contribution >= 4 is 53.9 Å². The van der Waals surface area contributed by atoms with Gasteiger partial charge in [-0.15, -0.1) is 0 Å². The molecule has 0 aliphatic rings. The van der Waals surface area contributed by atoms with E-state index in [0.29, 0.717) is 0 Å². The number of fused-ring (bicyclic) bond motifs is 7. The zero-order valence-corrected chi connectivity index (χ0v) is 34.1. The lowest BCUT2D eigenvalue weighted by molar-refractivity contribution is 1.60. The number of hydrogen-bond acceptors (Lipinski definition) is 0. The third-order valence-electron chi connectivity index (χ3n) is 12.8. The second kappa shape index (κ2) is 14.9. The van der Waals surface area contributed by atoms with E-state index in [1.165, 1.54) is 121 Å². The second-order valence-corrected chi connectivity index (χ2v) is 16.4. The van der Waals surface area contributed by atoms with Crippen LogP contribution in [0.1, 0.15) is 0 Å². The predicted molar refractivity (Wildman–Crippen MR) is 267 cm³/mol. The van der Waals surface area contributed by atoms with E-state index >= 15 is 0 Å². The minimum absolute atomic E-state index is 1.20. The summed E-state index contributed by atoms with van der Waals surface area (Å²) < 4.78 is 0. The van der Waals surface area contributed by atoms with E-state index in [0.717, 1.165) is 0 Å². The van der Waals surface area contributed by atoms with Gasteiger partial charge in [0, 0.05) is 0 Å². The lowest BCUT2D eigenvalue weighted by Gasteiger charge is -2.21. The van der Waals surface area contributed by atoms with Crippen molar-refractivity contribution in [2.75, 3.05) is 0 Å². The van der Waals surface area contributed by atoms with Gasteiger partial charge >= 0.3 is 0 Å². The van der Waals surface area contributed by atoms with Crippen LogP contribution in [0.5, 0.6) is 0 Å². The van der Waals surface area contributed by atoms with E-state index < -0.39 is 0 Å². The molecule has 0 fully saturated rings. The molecule has 0 heteroatoms. The fourth-order valence-corrected chi connectivity index (χ4v) is 9.97. The van der Waals surface area contributed by atoms with Crippen molar-refractivity contribution in [2.24, 2.45) is 0 Å². The molecule has 0 aliphatic carbocycles. The Morgan fingerprint density at radius 2 is 0.548 bits per heavy atom. The van der Waals surface area contributed by atoms with Gasteiger partial charge in [0.2, 0.25) is 0 Å². The largest absolute Gasteiger partial charge is 0.0622 e. The van der Waals surface area contributed by atoms with E-state index in [-0.39, 0.29) is 0 Å². The number of hydrogen-bond donors (Lipinski definition) is 0. The highest BCUT2D eigenvalue weighted by atomic mass is 14.2. The lowest BCUT2D eigenvalue weighted by atomic mass is 9.82. The van der Waals surface area contributed by atoms with Crippen molar-refractivity contribution in [2.45, 2.75) is 0 Å². The Morgan fingerprint density at radius 3 is 1.13 bits per heavy atom. The van der Waals surface area contributed by atoms with Crippen LogP contribution in [0.15, 0.2) is 243 Å². The zero-order valence-electron chi connectivity index (χ0n) is 34.1. The van der Waals surface area contributed by atoms with Gasteiger partial charge in [0.25, 0.3) is 0 Å². The van der Waals surface area contributed by atoms with E-state index in [4.69, 9.17) is 0 Å². The molecule has 0 heterocycles. The first kappa shape index (κ1) is 35.8. The lowest BCUT2D eigenvalue weighted by Crippen LogP contribution is -1.94. The number of benzene rings is 12. The van der Waals surface area contributed by atoms with E-state index in [1.807, 2.05) is 0 Å². The minimum atomic E-state index is 1.20. The van der Waals surface area contributed by atoms with Gasteiger partial charge in [0.1, 0.15) is 0 Å². The first-order valence-corrected chi connectivity index (χ1v) is 21.5. The van der Waals surface area contributed by atoms with Crippen LogP contribution in [-0.4, -0.2) is 0 Å². The van der Waals surface area contributed by atoms with E-state index in [2.05, 4.69) is 243 Å². The van der Waals surface area contributed by atoms with Gasteiger partial charge in [-0.05, 0) is 151 Å². The quantitative estimate of drug-likeness (QED) is 0.147. The Kier molecular flexibility index (Phi) is 8.61. The molecular weight excluding hydrogens is 745 g/mol. The molecule has 0 amide bonds. The molecule has 0 N–H and O–H groups in total. The van der Waals surface area contributed by atoms with Crippen molar-refractivity contribution in [1.82, 2.24) is 0 Å². The van der Waals surface area contributed by atoms with Gasteiger partial charge in [-0.2, -0.15) is 0 Å². The SMILES string of the molecule is c1ccc(-c2cc3ccccc3cc2-c2ccc3c(c2)c(-c2ccccc2)c(-c2ccccc2)c2cc(-c4ccccc4-c4cc5ccccc5c5ccccc45)ccc23)cc1. The van der Waals surface area contributed by atoms with E-state index in [1.54, 1.807) is 0 Å². The molecular formula is C62H40. The smallest absolute Gasteiger partial charge is 0.00201 e. The molecule has 0 bridgehead atoms. The average molecular weight is 785 g/mol. The van der Waals surface area contributed by atoms with Gasteiger partial charge in [0.15, 0.2) is 0 Å². The summed E-state index contributed by atoms with van der Waals surface area (Å²) in [4.78, 5) is 0. The zero-order chi connectivity index (χ0) is 41.0. The average Bonchev–Trinajstić information content (AvgIpc) is 3.35. The van der Waals surface area contributed by atoms with Crippen molar-refractivity contribution in [3.05, 3.63) is 243 Å². The second-order valence-electron chi connectivity index (χ2n) is 16.4. The maximum Gasteiger partial charge on any atom is -0.00201 e. The van der Waals surface area contributed by atoms with Gasteiger partial charge in [-0.25, -0.2) is 0 Å². The monoisotopic (exact) mass is 784 g/mol. The standard InChI is InChI=1S/C62H40/c1-4-18-41(19-5-1)56-36-44-24-10-11-25-45(44)37-57(56)48-33-35-55-54-34-32-47(39-59(54)61(42-20-6-2-7-21-42)62(60(55)40-48)43-22-8-3-9-23-43)50-28-14-15-30-52(50)58-38-46-26-12-13-27-49(46)51-29-16-17-31-53(51)58/h1-40H. The summed E-state index contributed by atoms with van der Waals surface area (Å²) in [5.74, 6) is 0. The van der Waals surface area contributed by atoms with Crippen LogP contribution in [-0.2, 0) is 0 Å². The highest BCUT2D eigenvalue weighted by Crippen LogP contribution is 2.48. The summed E-state index contributed by atoms with van der Waals surface area (Å²) in [6.07, 6.45) is 0. The summed E-state index contributed by atoms with van der Waals surface area (Å²) in [6.45, 7) is 0. The molecule has 12 aromatic rings. The van der Waals surface area contributed by atoms with Crippen molar-refractivity contribution in [3.8, 4) is 66.8 Å². The maximum atomic E-state index is 2.45. The van der Waals surface area contributed by atoms with Crippen molar-refractivity contribution in [1.29, 1.82) is 0 Å². The molecule has 0 saturated heterocycles. The fourth-order valence-electron chi connectivity index (χ4n) is 9.97. The molecule has 12 aromatic carbocycles. The highest BCUT2D eigenvalue weighted by molar-refractivity contribution is 6.23. The molecule has 0 unspecified atom stereocenters. The summed E-state index contributed by atoms with van der Waals surface area (Å²) in [5, 5.41) is 12.5. The summed E-state index contributed by atoms with van der Waals surface area (Å²) >= 11 is 0. The Balaban J connectivity index is 1.15. The molecule has 62 heavy (non-hydrogen) atoms. The van der Waals surface area contributed by atoms with Crippen LogP contribution in [0.25, 0.3) is 121 Å². The Morgan fingerprint density at radius 1 is 0.161 bits per heavy atom. The molecule has 0 saturated carbocycles. The number of rotatable bonds is 6. The Labute approximate surface area is 361 Å². The molecule has 0 radical (unpaired) electrons. The highest BCUT2D eigenvalue weighted by Gasteiger charge is 2.21. The predicted octanol–water partition coefficient (Wildman–Crippen LogP) is 17.5. The topological polar surface area (TPSA) is 0 Å². The first-order valence-electron chi connectivity index (χ1n) is 21.5. The fraction of sp³-hybridized carbons (Fsp3) is 0. The maximum absolute atomic E-state index is 2.45. The van der Waals surface area contributed by atoms with Crippen LogP contribution >= 0.6 is 0 Å². The van der Waals surface area contributed by atoms with Crippen LogP contribution < -0.4 is 0 Å². The molecule has 12 rings (SSSR count). The van der Waals surface area contributed by atoms with Gasteiger partial charge < -0.3 is 0 Å². The molecule has 288 valence electrons. The molecule has 0 aromatic heterocycles. The van der Waals surface area contributed by atoms with E-state index in [9.17, 15) is 0 Å². The summed E-state index contributed by atoms with van der Waals surface area (Å²) in [6, 6.07) is 89.5. The molecule has 0 nitrogen and oxygen atoms in total. The molecule has 0 aliphatic heterocycles.